The van der Waals surface area contributed by atoms with Crippen molar-refractivity contribution in [3.63, 3.8) is 0 Å². The summed E-state index contributed by atoms with van der Waals surface area (Å²) < 4.78 is 5.53. The maximum Gasteiger partial charge on any atom is 0.330 e. The zero-order valence-corrected chi connectivity index (χ0v) is 28.6. The van der Waals surface area contributed by atoms with Gasteiger partial charge in [0.1, 0.15) is 12.6 Å². The molecule has 12 heteroatoms. The first-order chi connectivity index (χ1) is 23.7. The molecular formula is C37H33Cl3N4O5. The number of nitrogens with zero attached hydrogens (tertiary/aromatic N) is 1. The number of fused-ring (bicyclic) bond motifs is 2. The maximum atomic E-state index is 13.7. The van der Waals surface area contributed by atoms with Crippen LogP contribution >= 0.6 is 34.8 Å². The Morgan fingerprint density at radius 1 is 0.878 bits per heavy atom. The van der Waals surface area contributed by atoms with Crippen LogP contribution in [0.1, 0.15) is 61.0 Å². The van der Waals surface area contributed by atoms with E-state index < -0.39 is 23.9 Å². The molecule has 2 aliphatic rings. The van der Waals surface area contributed by atoms with Crippen LogP contribution in [0.2, 0.25) is 15.1 Å². The molecule has 4 amide bonds. The Labute approximate surface area is 298 Å². The predicted molar refractivity (Wildman–Crippen MR) is 188 cm³/mol. The number of halogens is 3. The Morgan fingerprint density at radius 3 is 2.39 bits per heavy atom. The molecule has 0 fully saturated rings. The zero-order chi connectivity index (χ0) is 34.5. The van der Waals surface area contributed by atoms with Crippen molar-refractivity contribution in [1.82, 2.24) is 20.9 Å². The molecule has 1 aliphatic carbocycles. The molecule has 9 nitrogen and oxygen atoms in total. The Morgan fingerprint density at radius 2 is 1.61 bits per heavy atom. The summed E-state index contributed by atoms with van der Waals surface area (Å²) in [5.74, 6) is -1.61. The third kappa shape index (κ3) is 8.02. The minimum atomic E-state index is -1.26. The van der Waals surface area contributed by atoms with Gasteiger partial charge in [-0.3, -0.25) is 9.59 Å². The Kier molecular flexibility index (Phi) is 10.7. The van der Waals surface area contributed by atoms with Crippen molar-refractivity contribution in [2.45, 2.75) is 44.5 Å². The molecule has 252 valence electrons. The molecule has 0 aromatic heterocycles. The number of rotatable bonds is 9. The number of benzene rings is 4. The number of urea groups is 1. The van der Waals surface area contributed by atoms with E-state index >= 15 is 0 Å². The van der Waals surface area contributed by atoms with Crippen molar-refractivity contribution in [2.24, 2.45) is 0 Å². The second kappa shape index (κ2) is 15.3. The van der Waals surface area contributed by atoms with Gasteiger partial charge in [-0.25, -0.2) is 9.59 Å². The number of amides is 4. The van der Waals surface area contributed by atoms with E-state index in [1.807, 2.05) is 54.6 Å². The van der Waals surface area contributed by atoms with E-state index in [2.05, 4.69) is 16.0 Å². The van der Waals surface area contributed by atoms with Gasteiger partial charge in [0.2, 0.25) is 0 Å². The third-order valence-corrected chi connectivity index (χ3v) is 9.70. The smallest absolute Gasteiger partial charge is 0.330 e. The molecule has 6 rings (SSSR count). The lowest BCUT2D eigenvalue weighted by atomic mass is 9.96. The Hall–Kier alpha value is -4.57. The number of carbonyl (C=O) groups is 4. The lowest BCUT2D eigenvalue weighted by Crippen LogP contribution is -2.51. The largest absolute Gasteiger partial charge is 0.459 e. The summed E-state index contributed by atoms with van der Waals surface area (Å²) >= 11 is 19.4. The molecule has 0 saturated heterocycles. The minimum absolute atomic E-state index is 0.00700. The monoisotopic (exact) mass is 718 g/mol. The maximum absolute atomic E-state index is 13.7. The van der Waals surface area contributed by atoms with Crippen LogP contribution in [-0.4, -0.2) is 47.8 Å². The highest BCUT2D eigenvalue weighted by atomic mass is 35.5. The van der Waals surface area contributed by atoms with Gasteiger partial charge in [0.15, 0.2) is 0 Å². The highest BCUT2D eigenvalue weighted by Crippen LogP contribution is 2.35. The van der Waals surface area contributed by atoms with Crippen LogP contribution in [0.15, 0.2) is 84.9 Å². The van der Waals surface area contributed by atoms with Crippen molar-refractivity contribution in [1.29, 1.82) is 0 Å². The molecule has 3 N–H and O–H groups in total. The van der Waals surface area contributed by atoms with Crippen molar-refractivity contribution in [3.8, 4) is 0 Å². The molecule has 0 spiro atoms. The molecule has 1 heterocycles. The van der Waals surface area contributed by atoms with Crippen LogP contribution < -0.4 is 16.0 Å². The van der Waals surface area contributed by atoms with Crippen molar-refractivity contribution in [3.05, 3.63) is 139 Å². The third-order valence-electron chi connectivity index (χ3n) is 8.73. The summed E-state index contributed by atoms with van der Waals surface area (Å²) in [6.45, 7) is 0.344. The molecule has 0 bridgehead atoms. The first-order valence-corrected chi connectivity index (χ1v) is 17.0. The van der Waals surface area contributed by atoms with E-state index in [0.29, 0.717) is 34.7 Å². The second-order valence-corrected chi connectivity index (χ2v) is 13.2. The van der Waals surface area contributed by atoms with Crippen LogP contribution in [-0.2, 0) is 35.5 Å². The molecule has 0 saturated carbocycles. The fourth-order valence-electron chi connectivity index (χ4n) is 6.17. The van der Waals surface area contributed by atoms with E-state index in [-0.39, 0.29) is 47.3 Å². The molecule has 0 unspecified atom stereocenters. The van der Waals surface area contributed by atoms with Crippen LogP contribution in [0.3, 0.4) is 0 Å². The summed E-state index contributed by atoms with van der Waals surface area (Å²) in [5.41, 5.74) is 4.89. The molecule has 0 radical (unpaired) electrons. The lowest BCUT2D eigenvalue weighted by Gasteiger charge is -2.30. The van der Waals surface area contributed by atoms with Crippen LogP contribution in [0.25, 0.3) is 0 Å². The van der Waals surface area contributed by atoms with Gasteiger partial charge < -0.3 is 25.6 Å². The zero-order valence-electron chi connectivity index (χ0n) is 26.3. The van der Waals surface area contributed by atoms with Crippen molar-refractivity contribution < 1.29 is 23.9 Å². The average Bonchev–Trinajstić information content (AvgIpc) is 3.51. The number of aryl methyl sites for hydroxylation is 1. The number of ether oxygens (including phenoxy) is 1. The van der Waals surface area contributed by atoms with Crippen LogP contribution in [0, 0.1) is 0 Å². The summed E-state index contributed by atoms with van der Waals surface area (Å²) in [4.78, 5) is 54.8. The van der Waals surface area contributed by atoms with Crippen molar-refractivity contribution >= 4 is 58.6 Å². The van der Waals surface area contributed by atoms with Gasteiger partial charge in [0, 0.05) is 23.7 Å². The SMILES string of the molecule is O=C(NC[C@H](NC(=O)c1c(Cl)cc2c(c1Cl)CCN(C(=O)c1ccc(Cl)cc1)C2)C(=O)OCc1ccccc1)N[C@@H]1CCc2ccccc21. The van der Waals surface area contributed by atoms with E-state index in [1.165, 1.54) is 5.56 Å². The average molecular weight is 720 g/mol. The summed E-state index contributed by atoms with van der Waals surface area (Å²) in [5, 5.41) is 9.08. The van der Waals surface area contributed by atoms with Crippen LogP contribution in [0.5, 0.6) is 0 Å². The van der Waals surface area contributed by atoms with E-state index in [1.54, 1.807) is 35.2 Å². The first-order valence-electron chi connectivity index (χ1n) is 15.9. The van der Waals surface area contributed by atoms with Crippen LogP contribution in [0.4, 0.5) is 4.79 Å². The lowest BCUT2D eigenvalue weighted by molar-refractivity contribution is -0.147. The van der Waals surface area contributed by atoms with Gasteiger partial charge in [0.25, 0.3) is 11.8 Å². The summed E-state index contributed by atoms with van der Waals surface area (Å²) in [6, 6.07) is 23.4. The molecule has 49 heavy (non-hydrogen) atoms. The minimum Gasteiger partial charge on any atom is -0.459 e. The summed E-state index contributed by atoms with van der Waals surface area (Å²) in [7, 11) is 0. The predicted octanol–water partition coefficient (Wildman–Crippen LogP) is 6.67. The van der Waals surface area contributed by atoms with Gasteiger partial charge in [-0.1, -0.05) is 89.4 Å². The number of hydrogen-bond donors (Lipinski definition) is 3. The van der Waals surface area contributed by atoms with E-state index in [9.17, 15) is 19.2 Å². The van der Waals surface area contributed by atoms with Crippen molar-refractivity contribution in [2.75, 3.05) is 13.1 Å². The highest BCUT2D eigenvalue weighted by molar-refractivity contribution is 6.40. The molecule has 1 aliphatic heterocycles. The van der Waals surface area contributed by atoms with Gasteiger partial charge in [0.05, 0.1) is 28.2 Å². The molecule has 2 atom stereocenters. The Bertz CT molecular complexity index is 1890. The molecular weight excluding hydrogens is 687 g/mol. The van der Waals surface area contributed by atoms with Gasteiger partial charge in [-0.15, -0.1) is 0 Å². The number of carbonyl (C=O) groups excluding carboxylic acids is 4. The molecule has 4 aromatic rings. The quantitative estimate of drug-likeness (QED) is 0.167. The summed E-state index contributed by atoms with van der Waals surface area (Å²) in [6.07, 6.45) is 2.00. The van der Waals surface area contributed by atoms with Gasteiger partial charge in [-0.2, -0.15) is 0 Å². The molecule has 4 aromatic carbocycles. The Balaban J connectivity index is 1.15. The number of esters is 1. The van der Waals surface area contributed by atoms with Gasteiger partial charge >= 0.3 is 12.0 Å². The topological polar surface area (TPSA) is 117 Å². The number of hydrogen-bond acceptors (Lipinski definition) is 5. The fourth-order valence-corrected chi connectivity index (χ4v) is 7.06. The van der Waals surface area contributed by atoms with Gasteiger partial charge in [-0.05, 0) is 77.4 Å². The first kappa shape index (κ1) is 34.3. The van der Waals surface area contributed by atoms with E-state index in [0.717, 1.165) is 24.0 Å². The highest BCUT2D eigenvalue weighted by Gasteiger charge is 2.31. The second-order valence-electron chi connectivity index (χ2n) is 11.9. The number of nitrogens with one attached hydrogen (secondary N) is 3. The standard InChI is InChI=1S/C37H33Cl3N4O5/c38-26-13-10-24(11-14-26)35(46)44-17-16-28-25(20-44)18-29(39)32(33(28)40)34(45)42-31(36(47)49-21-22-6-2-1-3-7-22)19-41-37(48)43-30-15-12-23-8-4-5-9-27(23)30/h1-11,13-14,18,30-31H,12,15-17,19-21H2,(H,42,45)(H2,41,43,48)/t30-,31+/m1/s1. The van der Waals surface area contributed by atoms with E-state index in [4.69, 9.17) is 39.5 Å². The fraction of sp³-hybridized carbons (Fsp3) is 0.243. The normalized spacial score (nSPS) is 15.4.